The predicted molar refractivity (Wildman–Crippen MR) is 133 cm³/mol. The molecule has 0 heterocycles. The van der Waals surface area contributed by atoms with E-state index in [-0.39, 0.29) is 23.3 Å². The van der Waals surface area contributed by atoms with E-state index in [1.54, 1.807) is 6.08 Å². The van der Waals surface area contributed by atoms with Crippen LogP contribution in [0, 0.1) is 58.4 Å². The minimum atomic E-state index is -4.80. The van der Waals surface area contributed by atoms with E-state index in [2.05, 4.69) is 23.2 Å². The van der Waals surface area contributed by atoms with Crippen molar-refractivity contribution in [3.8, 4) is 28.7 Å². The Kier molecular flexibility index (Phi) is 8.66. The second-order valence-electron chi connectivity index (χ2n) is 8.84. The lowest BCUT2D eigenvalue weighted by atomic mass is 9.99. The molecule has 11 heteroatoms. The maximum Gasteiger partial charge on any atom is 0.432 e. The fourth-order valence-electron chi connectivity index (χ4n) is 3.94. The minimum absolute atomic E-state index is 0.0595. The molecule has 1 nitrogen and oxygen atoms in total. The molecular weight excluding hydrogens is 578 g/mol. The fourth-order valence-corrected chi connectivity index (χ4v) is 3.94. The standard InChI is InChI=1S/C31H16F10O/c1-2-3-4-16-9-22(33)28(23(34)10-16)19-8-7-18(21(32)13-19)6-5-17-11-24(35)29(25(36)12-17)31(40,41)42-20-14-26(37)30(39)27(38)15-20/h2,7-15H,1,3-4H2. The quantitative estimate of drug-likeness (QED) is 0.0898. The fraction of sp³-hybridized carbons (Fsp3) is 0.0968. The molecule has 0 bridgehead atoms. The molecule has 0 radical (unpaired) electrons. The average molecular weight is 594 g/mol. The molecule has 0 aliphatic heterocycles. The van der Waals surface area contributed by atoms with Crippen LogP contribution in [0.1, 0.15) is 28.7 Å². The molecule has 0 unspecified atom stereocenters. The van der Waals surface area contributed by atoms with Crippen molar-refractivity contribution in [2.45, 2.75) is 19.0 Å². The van der Waals surface area contributed by atoms with Crippen molar-refractivity contribution in [1.82, 2.24) is 0 Å². The van der Waals surface area contributed by atoms with Gasteiger partial charge in [0.25, 0.3) is 0 Å². The summed E-state index contributed by atoms with van der Waals surface area (Å²) in [6.45, 7) is 3.54. The summed E-state index contributed by atoms with van der Waals surface area (Å²) in [5.41, 5.74) is -3.05. The summed E-state index contributed by atoms with van der Waals surface area (Å²) >= 11 is 0. The summed E-state index contributed by atoms with van der Waals surface area (Å²) in [4.78, 5) is 0. The smallest absolute Gasteiger partial charge is 0.429 e. The first-order valence-electron chi connectivity index (χ1n) is 11.9. The molecule has 0 spiro atoms. The molecule has 0 aliphatic carbocycles. The van der Waals surface area contributed by atoms with E-state index >= 15 is 0 Å². The summed E-state index contributed by atoms with van der Waals surface area (Å²) in [5.74, 6) is -9.15. The van der Waals surface area contributed by atoms with Crippen LogP contribution in [0.25, 0.3) is 11.1 Å². The first-order valence-corrected chi connectivity index (χ1v) is 11.9. The van der Waals surface area contributed by atoms with Gasteiger partial charge >= 0.3 is 6.11 Å². The summed E-state index contributed by atoms with van der Waals surface area (Å²) in [6, 6.07) is 6.13. The van der Waals surface area contributed by atoms with Gasteiger partial charge in [0.15, 0.2) is 17.5 Å². The van der Waals surface area contributed by atoms with Crippen molar-refractivity contribution in [3.05, 3.63) is 136 Å². The van der Waals surface area contributed by atoms with Gasteiger partial charge in [-0.1, -0.05) is 24.0 Å². The topological polar surface area (TPSA) is 9.23 Å². The van der Waals surface area contributed by atoms with Crippen molar-refractivity contribution in [3.63, 3.8) is 0 Å². The number of halogens is 10. The molecule has 4 aromatic carbocycles. The summed E-state index contributed by atoms with van der Waals surface area (Å²) in [6.07, 6.45) is -2.37. The summed E-state index contributed by atoms with van der Waals surface area (Å²) in [7, 11) is 0. The van der Waals surface area contributed by atoms with E-state index < -0.39 is 75.1 Å². The number of hydrogen-bond acceptors (Lipinski definition) is 1. The zero-order valence-corrected chi connectivity index (χ0v) is 21.1. The van der Waals surface area contributed by atoms with E-state index in [0.29, 0.717) is 30.5 Å². The van der Waals surface area contributed by atoms with Gasteiger partial charge in [-0.3, -0.25) is 0 Å². The van der Waals surface area contributed by atoms with E-state index in [0.717, 1.165) is 24.3 Å². The molecule has 0 N–H and O–H groups in total. The molecule has 0 saturated carbocycles. The Hall–Kier alpha value is -4.72. The van der Waals surface area contributed by atoms with Gasteiger partial charge in [-0.05, 0) is 60.4 Å². The maximum atomic E-state index is 14.7. The molecule has 0 aromatic heterocycles. The Morgan fingerprint density at radius 2 is 1.29 bits per heavy atom. The minimum Gasteiger partial charge on any atom is -0.429 e. The van der Waals surface area contributed by atoms with Gasteiger partial charge in [-0.15, -0.1) is 6.58 Å². The summed E-state index contributed by atoms with van der Waals surface area (Å²) < 4.78 is 146. The van der Waals surface area contributed by atoms with Crippen LogP contribution in [0.5, 0.6) is 5.75 Å². The number of ether oxygens (including phenoxy) is 1. The largest absolute Gasteiger partial charge is 0.432 e. The van der Waals surface area contributed by atoms with Gasteiger partial charge in [0.2, 0.25) is 0 Å². The third kappa shape index (κ3) is 6.43. The molecule has 4 rings (SSSR count). The van der Waals surface area contributed by atoms with Crippen LogP contribution in [-0.2, 0) is 12.5 Å². The van der Waals surface area contributed by atoms with Crippen LogP contribution in [0.2, 0.25) is 0 Å². The molecule has 0 aliphatic rings. The Balaban J connectivity index is 1.59. The highest BCUT2D eigenvalue weighted by Gasteiger charge is 2.41. The van der Waals surface area contributed by atoms with Crippen molar-refractivity contribution in [2.24, 2.45) is 0 Å². The first-order chi connectivity index (χ1) is 19.8. The van der Waals surface area contributed by atoms with Crippen LogP contribution >= 0.6 is 0 Å². The molecule has 4 aromatic rings. The van der Waals surface area contributed by atoms with E-state index in [4.69, 9.17) is 0 Å². The molecule has 0 fully saturated rings. The Morgan fingerprint density at radius 3 is 1.83 bits per heavy atom. The second-order valence-corrected chi connectivity index (χ2v) is 8.84. The van der Waals surface area contributed by atoms with Crippen LogP contribution in [0.15, 0.2) is 67.3 Å². The zero-order valence-electron chi connectivity index (χ0n) is 21.1. The molecule has 0 atom stereocenters. The lowest BCUT2D eigenvalue weighted by molar-refractivity contribution is -0.189. The van der Waals surface area contributed by atoms with E-state index in [9.17, 15) is 43.9 Å². The zero-order chi connectivity index (χ0) is 30.8. The first kappa shape index (κ1) is 30.2. The lowest BCUT2D eigenvalue weighted by Gasteiger charge is -2.19. The maximum absolute atomic E-state index is 14.7. The average Bonchev–Trinajstić information content (AvgIpc) is 2.89. The number of allylic oxidation sites excluding steroid dienone is 1. The van der Waals surface area contributed by atoms with Crippen molar-refractivity contribution >= 4 is 0 Å². The third-order valence-corrected chi connectivity index (χ3v) is 5.87. The van der Waals surface area contributed by atoms with Crippen molar-refractivity contribution < 1.29 is 48.6 Å². The highest BCUT2D eigenvalue weighted by atomic mass is 19.3. The van der Waals surface area contributed by atoms with Crippen LogP contribution in [-0.4, -0.2) is 0 Å². The molecule has 216 valence electrons. The Morgan fingerprint density at radius 1 is 0.690 bits per heavy atom. The van der Waals surface area contributed by atoms with Gasteiger partial charge in [-0.2, -0.15) is 8.78 Å². The number of rotatable bonds is 7. The normalized spacial score (nSPS) is 11.2. The third-order valence-electron chi connectivity index (χ3n) is 5.87. The SMILES string of the molecule is C=CCCc1cc(F)c(-c2ccc(C#Cc3cc(F)c(C(F)(F)Oc4cc(F)c(F)c(F)c4)c(F)c3)c(F)c2)c(F)c1. The van der Waals surface area contributed by atoms with Gasteiger partial charge < -0.3 is 4.74 Å². The number of hydrogen-bond donors (Lipinski definition) is 0. The van der Waals surface area contributed by atoms with Gasteiger partial charge in [0.1, 0.15) is 40.4 Å². The second kappa shape index (κ2) is 12.0. The molecule has 0 amide bonds. The van der Waals surface area contributed by atoms with Crippen molar-refractivity contribution in [2.75, 3.05) is 0 Å². The Labute approximate surface area is 232 Å². The summed E-state index contributed by atoms with van der Waals surface area (Å²) in [5, 5.41) is 0. The van der Waals surface area contributed by atoms with E-state index in [1.165, 1.54) is 6.07 Å². The highest BCUT2D eigenvalue weighted by molar-refractivity contribution is 5.66. The molecular formula is C31H16F10O. The highest BCUT2D eigenvalue weighted by Crippen LogP contribution is 2.36. The lowest BCUT2D eigenvalue weighted by Crippen LogP contribution is -2.25. The van der Waals surface area contributed by atoms with Crippen LogP contribution in [0.4, 0.5) is 43.9 Å². The van der Waals surface area contributed by atoms with Crippen LogP contribution in [0.3, 0.4) is 0 Å². The molecule has 42 heavy (non-hydrogen) atoms. The number of aryl methyl sites for hydroxylation is 1. The van der Waals surface area contributed by atoms with E-state index in [1.807, 2.05) is 0 Å². The number of alkyl halides is 2. The number of benzene rings is 4. The predicted octanol–water partition coefficient (Wildman–Crippen LogP) is 9.11. The van der Waals surface area contributed by atoms with Crippen LogP contribution < -0.4 is 4.74 Å². The van der Waals surface area contributed by atoms with Crippen molar-refractivity contribution in [1.29, 1.82) is 0 Å². The Bertz CT molecular complexity index is 1680. The monoisotopic (exact) mass is 594 g/mol. The molecule has 0 saturated heterocycles. The van der Waals surface area contributed by atoms with Gasteiger partial charge in [-0.25, -0.2) is 35.1 Å². The van der Waals surface area contributed by atoms with Gasteiger partial charge in [0, 0.05) is 17.7 Å². The van der Waals surface area contributed by atoms with Gasteiger partial charge in [0.05, 0.1) is 11.1 Å².